The molecule has 1 N–H and O–H groups in total. The largest absolute Gasteiger partial charge is 0.481 e. The number of methoxy groups -OCH3 is 2. The van der Waals surface area contributed by atoms with Gasteiger partial charge in [-0.05, 0) is 35.1 Å². The molecule has 8 heteroatoms. The average molecular weight is 462 g/mol. The first kappa shape index (κ1) is 23.3. The highest BCUT2D eigenvalue weighted by Crippen LogP contribution is 2.31. The number of hydrogen-bond acceptors (Lipinski definition) is 8. The molecular weight excluding hydrogens is 434 g/mol. The van der Waals surface area contributed by atoms with Crippen LogP contribution in [0.15, 0.2) is 55.1 Å². The molecule has 0 unspecified atom stereocenters. The van der Waals surface area contributed by atoms with Crippen LogP contribution >= 0.6 is 0 Å². The number of nitrogens with zero attached hydrogens (tertiary/aromatic N) is 2. The van der Waals surface area contributed by atoms with Gasteiger partial charge in [-0.25, -0.2) is 0 Å². The third-order valence-electron chi connectivity index (χ3n) is 5.47. The van der Waals surface area contributed by atoms with Crippen LogP contribution in [-0.2, 0) is 22.8 Å². The van der Waals surface area contributed by atoms with Crippen molar-refractivity contribution in [2.24, 2.45) is 5.92 Å². The van der Waals surface area contributed by atoms with E-state index in [0.717, 1.165) is 35.1 Å². The predicted octanol–water partition coefficient (Wildman–Crippen LogP) is 4.34. The van der Waals surface area contributed by atoms with Gasteiger partial charge in [0.2, 0.25) is 11.8 Å². The van der Waals surface area contributed by atoms with Gasteiger partial charge in [0, 0.05) is 0 Å². The Balaban J connectivity index is 1.50. The minimum atomic E-state index is -0.269. The highest BCUT2D eigenvalue weighted by atomic mass is 16.7. The molecule has 1 saturated carbocycles. The fourth-order valence-corrected chi connectivity index (χ4v) is 3.55. The zero-order chi connectivity index (χ0) is 23.9. The fraction of sp³-hybridized carbons (Fsp3) is 0.269. The summed E-state index contributed by atoms with van der Waals surface area (Å²) in [5.74, 6) is 0.247. The summed E-state index contributed by atoms with van der Waals surface area (Å²) < 4.78 is 16.7. The molecule has 176 valence electrons. The Kier molecular flexibility index (Phi) is 7.39. The van der Waals surface area contributed by atoms with E-state index in [1.54, 1.807) is 0 Å². The van der Waals surface area contributed by atoms with Gasteiger partial charge in [0.05, 0.1) is 32.2 Å². The lowest BCUT2D eigenvalue weighted by Crippen LogP contribution is -2.21. The van der Waals surface area contributed by atoms with Gasteiger partial charge >= 0.3 is 12.0 Å². The summed E-state index contributed by atoms with van der Waals surface area (Å²) in [6.07, 6.45) is 3.55. The van der Waals surface area contributed by atoms with E-state index in [1.807, 2.05) is 36.4 Å². The van der Waals surface area contributed by atoms with Crippen LogP contribution in [0.5, 0.6) is 17.8 Å². The van der Waals surface area contributed by atoms with E-state index >= 15 is 0 Å². The minimum Gasteiger partial charge on any atom is -0.481 e. The van der Waals surface area contributed by atoms with Crippen molar-refractivity contribution in [1.29, 1.82) is 0 Å². The molecule has 1 fully saturated rings. The highest BCUT2D eigenvalue weighted by Gasteiger charge is 2.31. The molecule has 8 nitrogen and oxygen atoms in total. The van der Waals surface area contributed by atoms with E-state index < -0.39 is 0 Å². The number of rotatable bonds is 11. The number of nitrogens with one attached hydrogen (secondary N) is 1. The summed E-state index contributed by atoms with van der Waals surface area (Å²) in [4.78, 5) is 25.5. The molecule has 3 aromatic rings. The molecule has 34 heavy (non-hydrogen) atoms. The van der Waals surface area contributed by atoms with E-state index in [1.165, 1.54) is 14.2 Å². The Morgan fingerprint density at radius 3 is 2.38 bits per heavy atom. The van der Waals surface area contributed by atoms with Crippen molar-refractivity contribution < 1.29 is 23.8 Å². The van der Waals surface area contributed by atoms with Gasteiger partial charge in [0.1, 0.15) is 6.61 Å². The zero-order valence-electron chi connectivity index (χ0n) is 19.2. The topological polar surface area (TPSA) is 91.8 Å². The lowest BCUT2D eigenvalue weighted by molar-refractivity contribution is -0.153. The predicted molar refractivity (Wildman–Crippen MR) is 127 cm³/mol. The van der Waals surface area contributed by atoms with Crippen LogP contribution in [-0.4, -0.2) is 30.2 Å². The SMILES string of the molecule is C=Cc1c(COc2nc(OC)c(CNOC(=O)C3CC3)c(OC)n2)cccc1-c1ccccc1. The normalized spacial score (nSPS) is 12.6. The van der Waals surface area contributed by atoms with Crippen molar-refractivity contribution >= 4 is 12.0 Å². The second-order valence-electron chi connectivity index (χ2n) is 7.76. The summed E-state index contributed by atoms with van der Waals surface area (Å²) in [5.41, 5.74) is 7.24. The molecular formula is C26H27N3O5. The smallest absolute Gasteiger partial charge is 0.327 e. The molecule has 1 heterocycles. The highest BCUT2D eigenvalue weighted by molar-refractivity contribution is 5.76. The van der Waals surface area contributed by atoms with E-state index in [-0.39, 0.29) is 42.8 Å². The van der Waals surface area contributed by atoms with Crippen molar-refractivity contribution in [2.75, 3.05) is 14.2 Å². The van der Waals surface area contributed by atoms with E-state index in [2.05, 4.69) is 40.2 Å². The number of carbonyl (C=O) groups excluding carboxylic acids is 1. The molecule has 0 amide bonds. The van der Waals surface area contributed by atoms with Crippen LogP contribution in [0.3, 0.4) is 0 Å². The Labute approximate surface area is 198 Å². The maximum absolute atomic E-state index is 11.7. The number of aromatic nitrogens is 2. The zero-order valence-corrected chi connectivity index (χ0v) is 19.2. The van der Waals surface area contributed by atoms with Gasteiger partial charge in [0.25, 0.3) is 0 Å². The Hall–Kier alpha value is -3.91. The van der Waals surface area contributed by atoms with Crippen LogP contribution in [0, 0.1) is 5.92 Å². The Bertz CT molecular complexity index is 1140. The quantitative estimate of drug-likeness (QED) is 0.422. The van der Waals surface area contributed by atoms with E-state index in [9.17, 15) is 4.79 Å². The second kappa shape index (κ2) is 10.8. The van der Waals surface area contributed by atoms with Crippen LogP contribution in [0.4, 0.5) is 0 Å². The number of ether oxygens (including phenoxy) is 3. The summed E-state index contributed by atoms with van der Waals surface area (Å²) in [6, 6.07) is 16.2. The fourth-order valence-electron chi connectivity index (χ4n) is 3.55. The van der Waals surface area contributed by atoms with Gasteiger partial charge in [0.15, 0.2) is 0 Å². The number of hydrogen-bond donors (Lipinski definition) is 1. The van der Waals surface area contributed by atoms with Gasteiger partial charge in [-0.15, -0.1) is 5.48 Å². The number of carbonyl (C=O) groups is 1. The molecule has 2 aromatic carbocycles. The van der Waals surface area contributed by atoms with Crippen molar-refractivity contribution in [3.63, 3.8) is 0 Å². The van der Waals surface area contributed by atoms with Crippen molar-refractivity contribution in [1.82, 2.24) is 15.4 Å². The third kappa shape index (κ3) is 5.35. The average Bonchev–Trinajstić information content (AvgIpc) is 3.73. The maximum atomic E-state index is 11.7. The van der Waals surface area contributed by atoms with Crippen molar-refractivity contribution in [2.45, 2.75) is 26.0 Å². The Morgan fingerprint density at radius 2 is 1.76 bits per heavy atom. The van der Waals surface area contributed by atoms with Crippen molar-refractivity contribution in [3.8, 4) is 28.9 Å². The van der Waals surface area contributed by atoms with Gasteiger partial charge < -0.3 is 19.0 Å². The molecule has 1 aliphatic rings. The van der Waals surface area contributed by atoms with Crippen molar-refractivity contribution in [3.05, 3.63) is 71.8 Å². The van der Waals surface area contributed by atoms with Crippen LogP contribution in [0.1, 0.15) is 29.5 Å². The maximum Gasteiger partial charge on any atom is 0.327 e. The molecule has 1 aliphatic carbocycles. The lowest BCUT2D eigenvalue weighted by atomic mass is 9.96. The molecule has 0 saturated heterocycles. The van der Waals surface area contributed by atoms with Crippen LogP contribution < -0.4 is 19.7 Å². The van der Waals surface area contributed by atoms with Gasteiger partial charge in [-0.3, -0.25) is 4.79 Å². The van der Waals surface area contributed by atoms with E-state index in [0.29, 0.717) is 5.56 Å². The summed E-state index contributed by atoms with van der Waals surface area (Å²) in [7, 11) is 2.98. The number of benzene rings is 2. The third-order valence-corrected chi connectivity index (χ3v) is 5.47. The monoisotopic (exact) mass is 461 g/mol. The summed E-state index contributed by atoms with van der Waals surface area (Å²) >= 11 is 0. The first-order chi connectivity index (χ1) is 16.6. The van der Waals surface area contributed by atoms with Crippen LogP contribution in [0.25, 0.3) is 17.2 Å². The molecule has 0 spiro atoms. The van der Waals surface area contributed by atoms with Gasteiger partial charge in [-0.1, -0.05) is 61.2 Å². The molecule has 0 atom stereocenters. The molecule has 1 aromatic heterocycles. The second-order valence-corrected chi connectivity index (χ2v) is 7.76. The standard InChI is InChI=1S/C26H27N3O5/c1-4-20-19(11-8-12-21(20)17-9-6-5-7-10-17)16-33-26-28-23(31-2)22(24(29-26)32-3)15-27-34-25(30)18-13-14-18/h4-12,18,27H,1,13-16H2,2-3H3. The minimum absolute atomic E-state index is 0.0100. The molecule has 0 bridgehead atoms. The first-order valence-corrected chi connectivity index (χ1v) is 11.0. The first-order valence-electron chi connectivity index (χ1n) is 11.0. The van der Waals surface area contributed by atoms with Crippen LogP contribution in [0.2, 0.25) is 0 Å². The molecule has 4 rings (SSSR count). The Morgan fingerprint density at radius 1 is 1.06 bits per heavy atom. The van der Waals surface area contributed by atoms with E-state index in [4.69, 9.17) is 19.0 Å². The molecule has 0 radical (unpaired) electrons. The summed E-state index contributed by atoms with van der Waals surface area (Å²) in [5, 5.41) is 0. The molecule has 0 aliphatic heterocycles. The summed E-state index contributed by atoms with van der Waals surface area (Å²) in [6.45, 7) is 4.34. The lowest BCUT2D eigenvalue weighted by Gasteiger charge is -2.15. The number of hydroxylamine groups is 1. The van der Waals surface area contributed by atoms with Gasteiger partial charge in [-0.2, -0.15) is 9.97 Å².